The van der Waals surface area contributed by atoms with E-state index in [1.807, 2.05) is 12.1 Å². The average Bonchev–Trinajstić information content (AvgIpc) is 2.84. The molecular weight excluding hydrogens is 288 g/mol. The number of carbonyl (C=O) groups is 1. The minimum Gasteiger partial charge on any atom is -0.288 e. The van der Waals surface area contributed by atoms with Crippen LogP contribution in [0.4, 0.5) is 14.6 Å². The van der Waals surface area contributed by atoms with Crippen LogP contribution in [0.25, 0.3) is 11.0 Å². The fourth-order valence-corrected chi connectivity index (χ4v) is 2.58. The highest BCUT2D eigenvalue weighted by molar-refractivity contribution is 6.09. The fraction of sp³-hybridized carbons (Fsp3) is 0.0625. The minimum atomic E-state index is -1.03. The van der Waals surface area contributed by atoms with Crippen molar-refractivity contribution in [1.29, 1.82) is 0 Å². The van der Waals surface area contributed by atoms with E-state index < -0.39 is 17.5 Å². The van der Waals surface area contributed by atoms with E-state index in [1.165, 1.54) is 4.90 Å². The van der Waals surface area contributed by atoms with Gasteiger partial charge in [0.15, 0.2) is 17.3 Å². The highest BCUT2D eigenvalue weighted by atomic mass is 19.2. The Bertz CT molecular complexity index is 926. The first-order valence-corrected chi connectivity index (χ1v) is 6.65. The van der Waals surface area contributed by atoms with Crippen molar-refractivity contribution >= 4 is 22.8 Å². The van der Waals surface area contributed by atoms with Gasteiger partial charge in [0, 0.05) is 17.1 Å². The highest BCUT2D eigenvalue weighted by Gasteiger charge is 2.31. The van der Waals surface area contributed by atoms with Crippen molar-refractivity contribution in [3.63, 3.8) is 0 Å². The topological polar surface area (TPSA) is 46.1 Å². The molecule has 1 aliphatic heterocycles. The molecule has 0 aliphatic carbocycles. The number of nitrogens with zero attached hydrogens (tertiary/aromatic N) is 3. The molecule has 0 atom stereocenters. The summed E-state index contributed by atoms with van der Waals surface area (Å²) in [5.41, 5.74) is 1.13. The quantitative estimate of drug-likeness (QED) is 0.693. The molecule has 0 saturated carbocycles. The number of aromatic nitrogens is 2. The maximum atomic E-state index is 13.3. The molecule has 6 heteroatoms. The van der Waals surface area contributed by atoms with Crippen molar-refractivity contribution in [2.75, 3.05) is 4.90 Å². The molecule has 2 aromatic heterocycles. The van der Waals surface area contributed by atoms with Gasteiger partial charge in [-0.2, -0.15) is 0 Å². The third-order valence-electron chi connectivity index (χ3n) is 3.68. The zero-order valence-electron chi connectivity index (χ0n) is 11.3. The molecular formula is C16H9F2N3O. The van der Waals surface area contributed by atoms with Crippen molar-refractivity contribution < 1.29 is 13.6 Å². The third kappa shape index (κ3) is 1.84. The van der Waals surface area contributed by atoms with Gasteiger partial charge in [-0.15, -0.1) is 0 Å². The van der Waals surface area contributed by atoms with Gasteiger partial charge < -0.3 is 0 Å². The van der Waals surface area contributed by atoms with Gasteiger partial charge in [0.1, 0.15) is 5.82 Å². The lowest BCUT2D eigenvalue weighted by Gasteiger charge is -2.14. The molecule has 4 nitrogen and oxygen atoms in total. The first-order chi connectivity index (χ1) is 10.6. The molecule has 1 aromatic carbocycles. The second-order valence-electron chi connectivity index (χ2n) is 5.03. The summed E-state index contributed by atoms with van der Waals surface area (Å²) in [5, 5.41) is 0.854. The number of anilines is 1. The predicted octanol–water partition coefficient (Wildman–Crippen LogP) is 3.07. The van der Waals surface area contributed by atoms with Crippen molar-refractivity contribution in [3.8, 4) is 0 Å². The molecule has 1 amide bonds. The number of amides is 1. The number of hydrogen-bond donors (Lipinski definition) is 0. The Kier molecular flexibility index (Phi) is 2.66. The van der Waals surface area contributed by atoms with Gasteiger partial charge in [-0.3, -0.25) is 9.69 Å². The van der Waals surface area contributed by atoms with Gasteiger partial charge in [0.2, 0.25) is 0 Å². The molecule has 0 N–H and O–H groups in total. The Labute approximate surface area is 124 Å². The smallest absolute Gasteiger partial charge is 0.260 e. The number of benzene rings is 1. The summed E-state index contributed by atoms with van der Waals surface area (Å²) >= 11 is 0. The van der Waals surface area contributed by atoms with Crippen LogP contribution < -0.4 is 4.90 Å². The van der Waals surface area contributed by atoms with Gasteiger partial charge in [-0.25, -0.2) is 18.7 Å². The number of pyridine rings is 2. The fourth-order valence-electron chi connectivity index (χ4n) is 2.58. The molecule has 3 aromatic rings. The second-order valence-corrected chi connectivity index (χ2v) is 5.03. The summed E-state index contributed by atoms with van der Waals surface area (Å²) in [6.07, 6.45) is 1.62. The zero-order valence-corrected chi connectivity index (χ0v) is 11.3. The highest BCUT2D eigenvalue weighted by Crippen LogP contribution is 2.29. The minimum absolute atomic E-state index is 0.163. The summed E-state index contributed by atoms with van der Waals surface area (Å²) in [5.74, 6) is -1.96. The lowest BCUT2D eigenvalue weighted by Crippen LogP contribution is -2.24. The molecule has 1 aliphatic rings. The number of hydrogen-bond acceptors (Lipinski definition) is 3. The number of carbonyl (C=O) groups excluding carboxylic acids is 1. The van der Waals surface area contributed by atoms with Crippen LogP contribution in [-0.2, 0) is 6.54 Å². The van der Waals surface area contributed by atoms with E-state index in [0.29, 0.717) is 17.0 Å². The summed E-state index contributed by atoms with van der Waals surface area (Å²) in [6, 6.07) is 9.16. The Morgan fingerprint density at radius 3 is 2.77 bits per heavy atom. The van der Waals surface area contributed by atoms with Crippen LogP contribution in [0.2, 0.25) is 0 Å². The zero-order chi connectivity index (χ0) is 15.3. The Hall–Kier alpha value is -2.89. The van der Waals surface area contributed by atoms with Gasteiger partial charge >= 0.3 is 0 Å². The molecule has 0 unspecified atom stereocenters. The first kappa shape index (κ1) is 12.8. The lowest BCUT2D eigenvalue weighted by molar-refractivity contribution is 0.0995. The number of fused-ring (bicyclic) bond motifs is 2. The van der Waals surface area contributed by atoms with Crippen LogP contribution in [0.5, 0.6) is 0 Å². The van der Waals surface area contributed by atoms with Crippen LogP contribution in [0.1, 0.15) is 15.9 Å². The van der Waals surface area contributed by atoms with Gasteiger partial charge in [-0.1, -0.05) is 0 Å². The van der Waals surface area contributed by atoms with Crippen molar-refractivity contribution in [2.45, 2.75) is 6.54 Å². The summed E-state index contributed by atoms with van der Waals surface area (Å²) < 4.78 is 26.6. The Morgan fingerprint density at radius 2 is 1.91 bits per heavy atom. The molecule has 108 valence electrons. The van der Waals surface area contributed by atoms with Gasteiger partial charge in [0.25, 0.3) is 5.91 Å². The van der Waals surface area contributed by atoms with Crippen LogP contribution >= 0.6 is 0 Å². The van der Waals surface area contributed by atoms with E-state index in [-0.39, 0.29) is 12.1 Å². The second kappa shape index (κ2) is 4.56. The third-order valence-corrected chi connectivity index (χ3v) is 3.68. The van der Waals surface area contributed by atoms with Crippen LogP contribution in [0.3, 0.4) is 0 Å². The maximum Gasteiger partial charge on any atom is 0.260 e. The summed E-state index contributed by atoms with van der Waals surface area (Å²) in [4.78, 5) is 22.2. The number of rotatable bonds is 1. The summed E-state index contributed by atoms with van der Waals surface area (Å²) in [6.45, 7) is 0.163. The van der Waals surface area contributed by atoms with E-state index in [9.17, 15) is 13.6 Å². The lowest BCUT2D eigenvalue weighted by atomic mass is 10.1. The molecule has 0 spiro atoms. The Morgan fingerprint density at radius 1 is 1.09 bits per heavy atom. The standard InChI is InChI=1S/C16H9F2N3O/c17-12-6-10-8-21(16(22)11(10)7-13(12)18)14-4-3-9-2-1-5-19-15(9)20-14/h1-7H,8H2. The van der Waals surface area contributed by atoms with E-state index in [0.717, 1.165) is 17.5 Å². The molecule has 0 radical (unpaired) electrons. The van der Waals surface area contributed by atoms with Crippen LogP contribution in [0.15, 0.2) is 42.6 Å². The molecule has 22 heavy (non-hydrogen) atoms. The molecule has 3 heterocycles. The molecule has 0 bridgehead atoms. The van der Waals surface area contributed by atoms with Crippen LogP contribution in [-0.4, -0.2) is 15.9 Å². The Balaban J connectivity index is 1.79. The monoisotopic (exact) mass is 297 g/mol. The number of halogens is 2. The first-order valence-electron chi connectivity index (χ1n) is 6.65. The van der Waals surface area contributed by atoms with Crippen molar-refractivity contribution in [1.82, 2.24) is 9.97 Å². The molecule has 0 saturated heterocycles. The average molecular weight is 297 g/mol. The van der Waals surface area contributed by atoms with Crippen LogP contribution in [0, 0.1) is 11.6 Å². The largest absolute Gasteiger partial charge is 0.288 e. The molecule has 0 fully saturated rings. The van der Waals surface area contributed by atoms with Crippen molar-refractivity contribution in [3.05, 3.63) is 65.4 Å². The van der Waals surface area contributed by atoms with Gasteiger partial charge in [-0.05, 0) is 42.0 Å². The van der Waals surface area contributed by atoms with Crippen molar-refractivity contribution in [2.24, 2.45) is 0 Å². The SMILES string of the molecule is O=C1c2cc(F)c(F)cc2CN1c1ccc2cccnc2n1. The summed E-state index contributed by atoms with van der Waals surface area (Å²) in [7, 11) is 0. The van der Waals surface area contributed by atoms with Gasteiger partial charge in [0.05, 0.1) is 6.54 Å². The van der Waals surface area contributed by atoms with E-state index in [2.05, 4.69) is 9.97 Å². The maximum absolute atomic E-state index is 13.3. The normalized spacial score (nSPS) is 13.7. The van der Waals surface area contributed by atoms with E-state index in [1.54, 1.807) is 18.3 Å². The predicted molar refractivity (Wildman–Crippen MR) is 76.4 cm³/mol. The van der Waals surface area contributed by atoms with E-state index in [4.69, 9.17) is 0 Å². The van der Waals surface area contributed by atoms with E-state index >= 15 is 0 Å². The molecule has 4 rings (SSSR count).